The summed E-state index contributed by atoms with van der Waals surface area (Å²) in [5, 5.41) is 2.84. The molecule has 1 amide bonds. The Bertz CT molecular complexity index is 1810. The molecule has 0 bridgehead atoms. The summed E-state index contributed by atoms with van der Waals surface area (Å²) in [6, 6.07) is 29.8. The number of imidazole rings is 1. The van der Waals surface area contributed by atoms with Crippen molar-refractivity contribution in [2.75, 3.05) is 33.2 Å². The van der Waals surface area contributed by atoms with Gasteiger partial charge in [0.05, 0.1) is 38.5 Å². The van der Waals surface area contributed by atoms with Gasteiger partial charge in [0.15, 0.2) is 0 Å². The van der Waals surface area contributed by atoms with Gasteiger partial charge in [0.2, 0.25) is 21.9 Å². The number of amides is 1. The molecule has 0 spiro atoms. The molecular formula is C33H32N4O6S. The van der Waals surface area contributed by atoms with Crippen LogP contribution in [0.2, 0.25) is 0 Å². The maximum atomic E-state index is 13.8. The number of sulfonamides is 1. The summed E-state index contributed by atoms with van der Waals surface area (Å²) in [5.74, 6) is 1.57. The van der Waals surface area contributed by atoms with Gasteiger partial charge >= 0.3 is 0 Å². The summed E-state index contributed by atoms with van der Waals surface area (Å²) in [6.45, 7) is -0.455. The van der Waals surface area contributed by atoms with Crippen LogP contribution in [0.15, 0.2) is 114 Å². The van der Waals surface area contributed by atoms with Gasteiger partial charge in [-0.2, -0.15) is 4.31 Å². The number of hydrogen-bond donors (Lipinski definition) is 1. The van der Waals surface area contributed by atoms with E-state index in [0.717, 1.165) is 21.1 Å². The number of ether oxygens (including phenoxy) is 3. The van der Waals surface area contributed by atoms with E-state index in [1.165, 1.54) is 19.2 Å². The highest BCUT2D eigenvalue weighted by Gasteiger charge is 2.28. The normalized spacial score (nSPS) is 11.3. The summed E-state index contributed by atoms with van der Waals surface area (Å²) in [7, 11) is 0.622. The molecule has 11 heteroatoms. The zero-order valence-electron chi connectivity index (χ0n) is 24.5. The fourth-order valence-electron chi connectivity index (χ4n) is 4.54. The second-order valence-electron chi connectivity index (χ2n) is 9.73. The Balaban J connectivity index is 1.47. The standard InChI is InChI=1S/C33H32N4O6S/c1-41-27-13-9-25(10-14-27)31-22-37(26-11-15-28(42-2)16-12-26)33(34-31)35-32(38)23-36(21-24-7-5-4-6-8-24)44(39,40)30-19-17-29(43-3)18-20-30/h4-20,22H,21,23H2,1-3H3,(H,34,35,38). The first-order chi connectivity index (χ1) is 21.3. The van der Waals surface area contributed by atoms with Crippen molar-refractivity contribution in [2.45, 2.75) is 11.4 Å². The number of benzene rings is 4. The molecule has 4 aromatic carbocycles. The first kappa shape index (κ1) is 30.3. The van der Waals surface area contributed by atoms with Crippen molar-refractivity contribution in [2.24, 2.45) is 0 Å². The fourth-order valence-corrected chi connectivity index (χ4v) is 5.93. The Morgan fingerprint density at radius 3 is 1.89 bits per heavy atom. The van der Waals surface area contributed by atoms with Gasteiger partial charge in [-0.1, -0.05) is 30.3 Å². The number of nitrogens with one attached hydrogen (secondary N) is 1. The van der Waals surface area contributed by atoms with Crippen molar-refractivity contribution in [3.05, 3.63) is 115 Å². The van der Waals surface area contributed by atoms with E-state index in [1.54, 1.807) is 49.2 Å². The number of nitrogens with zero attached hydrogens (tertiary/aromatic N) is 3. The van der Waals surface area contributed by atoms with Gasteiger partial charge in [0.25, 0.3) is 0 Å². The fraction of sp³-hybridized carbons (Fsp3) is 0.152. The Kier molecular flexibility index (Phi) is 9.27. The SMILES string of the molecule is COc1ccc(-c2cn(-c3ccc(OC)cc3)c(NC(=O)CN(Cc3ccccc3)S(=O)(=O)c3ccc(OC)cc3)n2)cc1. The lowest BCUT2D eigenvalue weighted by atomic mass is 10.1. The second-order valence-corrected chi connectivity index (χ2v) is 11.7. The predicted octanol–water partition coefficient (Wildman–Crippen LogP) is 5.39. The number of rotatable bonds is 12. The molecule has 0 saturated heterocycles. The molecule has 0 unspecified atom stereocenters. The van der Waals surface area contributed by atoms with Crippen molar-refractivity contribution in [1.82, 2.24) is 13.9 Å². The first-order valence-corrected chi connectivity index (χ1v) is 15.1. The number of carbonyl (C=O) groups excluding carboxylic acids is 1. The molecule has 1 N–H and O–H groups in total. The molecule has 226 valence electrons. The van der Waals surface area contributed by atoms with E-state index in [4.69, 9.17) is 19.2 Å². The smallest absolute Gasteiger partial charge is 0.243 e. The van der Waals surface area contributed by atoms with Gasteiger partial charge in [-0.3, -0.25) is 14.7 Å². The highest BCUT2D eigenvalue weighted by molar-refractivity contribution is 7.89. The quantitative estimate of drug-likeness (QED) is 0.201. The van der Waals surface area contributed by atoms with Crippen molar-refractivity contribution in [1.29, 1.82) is 0 Å². The van der Waals surface area contributed by atoms with Crippen LogP contribution >= 0.6 is 0 Å². The van der Waals surface area contributed by atoms with Gasteiger partial charge in [-0.25, -0.2) is 13.4 Å². The molecule has 0 aliphatic rings. The van der Waals surface area contributed by atoms with Gasteiger partial charge in [-0.05, 0) is 78.4 Å². The summed E-state index contributed by atoms with van der Waals surface area (Å²) >= 11 is 0. The van der Waals surface area contributed by atoms with Crippen molar-refractivity contribution in [3.63, 3.8) is 0 Å². The van der Waals surface area contributed by atoms with Crippen molar-refractivity contribution < 1.29 is 27.4 Å². The Morgan fingerprint density at radius 1 is 0.773 bits per heavy atom. The van der Waals surface area contributed by atoms with Crippen LogP contribution in [0, 0.1) is 0 Å². The Labute approximate surface area is 256 Å². The third kappa shape index (κ3) is 6.91. The second kappa shape index (κ2) is 13.4. The maximum Gasteiger partial charge on any atom is 0.243 e. The number of anilines is 1. The number of aromatic nitrogens is 2. The largest absolute Gasteiger partial charge is 0.497 e. The van der Waals surface area contributed by atoms with Gasteiger partial charge in [-0.15, -0.1) is 0 Å². The molecule has 1 heterocycles. The summed E-state index contributed by atoms with van der Waals surface area (Å²) in [4.78, 5) is 18.3. The summed E-state index contributed by atoms with van der Waals surface area (Å²) in [6.07, 6.45) is 1.80. The lowest BCUT2D eigenvalue weighted by Crippen LogP contribution is -2.38. The average molecular weight is 613 g/mol. The zero-order chi connectivity index (χ0) is 31.1. The summed E-state index contributed by atoms with van der Waals surface area (Å²) in [5.41, 5.74) is 2.87. The summed E-state index contributed by atoms with van der Waals surface area (Å²) < 4.78 is 46.2. The molecule has 0 aliphatic heterocycles. The number of carbonyl (C=O) groups is 1. The van der Waals surface area contributed by atoms with E-state index >= 15 is 0 Å². The van der Waals surface area contributed by atoms with Crippen LogP contribution in [0.4, 0.5) is 5.95 Å². The number of hydrogen-bond acceptors (Lipinski definition) is 7. The van der Waals surface area contributed by atoms with Crippen molar-refractivity contribution in [3.8, 4) is 34.2 Å². The number of methoxy groups -OCH3 is 3. The minimum Gasteiger partial charge on any atom is -0.497 e. The van der Waals surface area contributed by atoms with Crippen LogP contribution in [-0.4, -0.2) is 56.1 Å². The van der Waals surface area contributed by atoms with Crippen LogP contribution < -0.4 is 19.5 Å². The van der Waals surface area contributed by atoms with Crippen LogP contribution in [-0.2, 0) is 21.4 Å². The molecule has 1 aromatic heterocycles. The molecule has 0 atom stereocenters. The minimum absolute atomic E-state index is 0.00730. The van der Waals surface area contributed by atoms with Gasteiger partial charge in [0.1, 0.15) is 17.2 Å². The van der Waals surface area contributed by atoms with E-state index < -0.39 is 22.5 Å². The van der Waals surface area contributed by atoms with Crippen LogP contribution in [0.5, 0.6) is 17.2 Å². The Hall–Kier alpha value is -5.13. The van der Waals surface area contributed by atoms with E-state index in [2.05, 4.69) is 5.32 Å². The van der Waals surface area contributed by atoms with E-state index in [1.807, 2.05) is 66.7 Å². The predicted molar refractivity (Wildman–Crippen MR) is 168 cm³/mol. The molecule has 0 saturated carbocycles. The van der Waals surface area contributed by atoms with Gasteiger partial charge < -0.3 is 14.2 Å². The maximum absolute atomic E-state index is 13.8. The average Bonchev–Trinajstić information content (AvgIpc) is 3.48. The first-order valence-electron chi connectivity index (χ1n) is 13.7. The third-order valence-electron chi connectivity index (χ3n) is 6.91. The molecule has 5 aromatic rings. The third-order valence-corrected chi connectivity index (χ3v) is 8.72. The monoisotopic (exact) mass is 612 g/mol. The van der Waals surface area contributed by atoms with E-state index in [9.17, 15) is 13.2 Å². The molecule has 10 nitrogen and oxygen atoms in total. The molecule has 0 radical (unpaired) electrons. The molecular weight excluding hydrogens is 580 g/mol. The molecule has 44 heavy (non-hydrogen) atoms. The van der Waals surface area contributed by atoms with Crippen molar-refractivity contribution >= 4 is 21.9 Å². The highest BCUT2D eigenvalue weighted by atomic mass is 32.2. The molecule has 0 fully saturated rings. The van der Waals surface area contributed by atoms with Gasteiger partial charge in [0, 0.05) is 24.0 Å². The van der Waals surface area contributed by atoms with E-state index in [0.29, 0.717) is 22.9 Å². The lowest BCUT2D eigenvalue weighted by molar-refractivity contribution is -0.116. The Morgan fingerprint density at radius 2 is 1.32 bits per heavy atom. The molecule has 5 rings (SSSR count). The molecule has 0 aliphatic carbocycles. The zero-order valence-corrected chi connectivity index (χ0v) is 25.3. The highest BCUT2D eigenvalue weighted by Crippen LogP contribution is 2.27. The van der Waals surface area contributed by atoms with E-state index in [-0.39, 0.29) is 17.4 Å². The lowest BCUT2D eigenvalue weighted by Gasteiger charge is -2.22. The minimum atomic E-state index is -4.06. The topological polar surface area (TPSA) is 112 Å². The van der Waals surface area contributed by atoms with Crippen LogP contribution in [0.3, 0.4) is 0 Å². The van der Waals surface area contributed by atoms with Crippen LogP contribution in [0.1, 0.15) is 5.56 Å². The van der Waals surface area contributed by atoms with Crippen LogP contribution in [0.25, 0.3) is 16.9 Å².